The Morgan fingerprint density at radius 3 is 2.71 bits per heavy atom. The third kappa shape index (κ3) is 1.92. The number of benzene rings is 1. The van der Waals surface area contributed by atoms with Gasteiger partial charge >= 0.3 is 5.97 Å². The molecule has 1 aromatic rings. The zero-order valence-electron chi connectivity index (χ0n) is 6.94. The SMILES string of the molecule is N#Cc1cccc(Br)c1C(O)C(=O)O. The molecular weight excluding hydrogens is 250 g/mol. The maximum Gasteiger partial charge on any atom is 0.337 e. The fourth-order valence-electron chi connectivity index (χ4n) is 1.04. The molecule has 0 aliphatic heterocycles. The molecular formula is C9H6BrNO3. The minimum atomic E-state index is -1.68. The lowest BCUT2D eigenvalue weighted by atomic mass is 10.0. The number of nitrogens with zero attached hydrogens (tertiary/aromatic N) is 1. The van der Waals surface area contributed by atoms with Crippen LogP contribution in [0.3, 0.4) is 0 Å². The monoisotopic (exact) mass is 255 g/mol. The van der Waals surface area contributed by atoms with Crippen molar-refractivity contribution >= 4 is 21.9 Å². The van der Waals surface area contributed by atoms with E-state index < -0.39 is 12.1 Å². The molecule has 0 spiro atoms. The molecule has 0 bridgehead atoms. The summed E-state index contributed by atoms with van der Waals surface area (Å²) in [6.45, 7) is 0. The number of rotatable bonds is 2. The maximum absolute atomic E-state index is 10.5. The second-order valence-corrected chi connectivity index (χ2v) is 3.41. The van der Waals surface area contributed by atoms with Crippen LogP contribution in [0.4, 0.5) is 0 Å². The van der Waals surface area contributed by atoms with Crippen molar-refractivity contribution in [2.45, 2.75) is 6.10 Å². The van der Waals surface area contributed by atoms with Crippen LogP contribution < -0.4 is 0 Å². The molecule has 0 fully saturated rings. The van der Waals surface area contributed by atoms with Crippen molar-refractivity contribution in [3.05, 3.63) is 33.8 Å². The van der Waals surface area contributed by atoms with Gasteiger partial charge in [-0.3, -0.25) is 0 Å². The average molecular weight is 256 g/mol. The molecule has 1 aromatic carbocycles. The lowest BCUT2D eigenvalue weighted by Gasteiger charge is -2.09. The number of hydrogen-bond donors (Lipinski definition) is 2. The van der Waals surface area contributed by atoms with E-state index in [4.69, 9.17) is 10.4 Å². The zero-order chi connectivity index (χ0) is 10.7. The van der Waals surface area contributed by atoms with Crippen LogP contribution in [0.1, 0.15) is 17.2 Å². The van der Waals surface area contributed by atoms with Gasteiger partial charge in [0.1, 0.15) is 0 Å². The molecule has 1 atom stereocenters. The summed E-state index contributed by atoms with van der Waals surface area (Å²) in [6.07, 6.45) is -1.68. The fraction of sp³-hybridized carbons (Fsp3) is 0.111. The summed E-state index contributed by atoms with van der Waals surface area (Å²) in [5.41, 5.74) is 0.233. The minimum Gasteiger partial charge on any atom is -0.479 e. The second kappa shape index (κ2) is 4.22. The van der Waals surface area contributed by atoms with Crippen LogP contribution in [0.25, 0.3) is 0 Å². The first-order chi connectivity index (χ1) is 6.57. The molecule has 2 N–H and O–H groups in total. The highest BCUT2D eigenvalue weighted by molar-refractivity contribution is 9.10. The van der Waals surface area contributed by atoms with Crippen molar-refractivity contribution < 1.29 is 15.0 Å². The molecule has 1 unspecified atom stereocenters. The van der Waals surface area contributed by atoms with Gasteiger partial charge in [-0.15, -0.1) is 0 Å². The van der Waals surface area contributed by atoms with Gasteiger partial charge in [-0.2, -0.15) is 5.26 Å². The Labute approximate surface area is 88.5 Å². The number of aliphatic carboxylic acids is 1. The van der Waals surface area contributed by atoms with Gasteiger partial charge in [-0.25, -0.2) is 4.79 Å². The Morgan fingerprint density at radius 1 is 1.57 bits per heavy atom. The topological polar surface area (TPSA) is 81.3 Å². The van der Waals surface area contributed by atoms with Crippen molar-refractivity contribution in [3.63, 3.8) is 0 Å². The van der Waals surface area contributed by atoms with Crippen molar-refractivity contribution in [2.75, 3.05) is 0 Å². The fourth-order valence-corrected chi connectivity index (χ4v) is 1.62. The zero-order valence-corrected chi connectivity index (χ0v) is 8.52. The first kappa shape index (κ1) is 10.7. The molecule has 72 valence electrons. The summed E-state index contributed by atoms with van der Waals surface area (Å²) in [7, 11) is 0. The number of hydrogen-bond acceptors (Lipinski definition) is 3. The highest BCUT2D eigenvalue weighted by Gasteiger charge is 2.21. The average Bonchev–Trinajstić information content (AvgIpc) is 2.16. The van der Waals surface area contributed by atoms with E-state index in [2.05, 4.69) is 15.9 Å². The van der Waals surface area contributed by atoms with Crippen molar-refractivity contribution in [2.24, 2.45) is 0 Å². The molecule has 0 saturated carbocycles. The molecule has 0 radical (unpaired) electrons. The maximum atomic E-state index is 10.5. The van der Waals surface area contributed by atoms with Crippen molar-refractivity contribution in [1.82, 2.24) is 0 Å². The van der Waals surface area contributed by atoms with E-state index in [1.54, 1.807) is 12.1 Å². The number of carbonyl (C=O) groups is 1. The van der Waals surface area contributed by atoms with E-state index in [0.29, 0.717) is 4.47 Å². The Morgan fingerprint density at radius 2 is 2.21 bits per heavy atom. The Kier molecular flexibility index (Phi) is 3.23. The van der Waals surface area contributed by atoms with Gasteiger partial charge in [0.15, 0.2) is 6.10 Å². The third-order valence-corrected chi connectivity index (χ3v) is 2.37. The molecule has 1 rings (SSSR count). The van der Waals surface area contributed by atoms with Crippen LogP contribution >= 0.6 is 15.9 Å². The molecule has 0 aliphatic rings. The minimum absolute atomic E-state index is 0.0856. The molecule has 5 heteroatoms. The summed E-state index contributed by atoms with van der Waals surface area (Å²) in [6, 6.07) is 6.44. The van der Waals surface area contributed by atoms with Crippen LogP contribution in [0.2, 0.25) is 0 Å². The molecule has 0 aliphatic carbocycles. The van der Waals surface area contributed by atoms with Crippen molar-refractivity contribution in [3.8, 4) is 6.07 Å². The number of nitriles is 1. The van der Waals surface area contributed by atoms with Crippen LogP contribution in [0, 0.1) is 11.3 Å². The summed E-state index contributed by atoms with van der Waals surface area (Å²) < 4.78 is 0.409. The predicted molar refractivity (Wildman–Crippen MR) is 51.5 cm³/mol. The number of carboxylic acid groups (broad SMARTS) is 1. The molecule has 0 heterocycles. The van der Waals surface area contributed by atoms with Crippen molar-refractivity contribution in [1.29, 1.82) is 5.26 Å². The van der Waals surface area contributed by atoms with Gasteiger partial charge in [0.2, 0.25) is 0 Å². The smallest absolute Gasteiger partial charge is 0.337 e. The molecule has 0 saturated heterocycles. The summed E-state index contributed by atoms with van der Waals surface area (Å²) in [4.78, 5) is 10.5. The third-order valence-electron chi connectivity index (χ3n) is 1.68. The Balaban J connectivity index is 3.32. The quantitative estimate of drug-likeness (QED) is 0.838. The molecule has 0 aromatic heterocycles. The first-order valence-corrected chi connectivity index (χ1v) is 4.46. The van der Waals surface area contributed by atoms with Crippen LogP contribution in [0.5, 0.6) is 0 Å². The number of carboxylic acids is 1. The van der Waals surface area contributed by atoms with Gasteiger partial charge in [0.05, 0.1) is 11.6 Å². The van der Waals surface area contributed by atoms with Crippen LogP contribution in [-0.4, -0.2) is 16.2 Å². The second-order valence-electron chi connectivity index (χ2n) is 2.55. The van der Waals surface area contributed by atoms with E-state index >= 15 is 0 Å². The van der Waals surface area contributed by atoms with E-state index in [1.807, 2.05) is 6.07 Å². The number of aliphatic hydroxyl groups excluding tert-OH is 1. The van der Waals surface area contributed by atoms with Gasteiger partial charge < -0.3 is 10.2 Å². The van der Waals surface area contributed by atoms with Gasteiger partial charge in [-0.1, -0.05) is 22.0 Å². The summed E-state index contributed by atoms with van der Waals surface area (Å²) in [5, 5.41) is 26.6. The Hall–Kier alpha value is -1.38. The van der Waals surface area contributed by atoms with Gasteiger partial charge in [-0.05, 0) is 12.1 Å². The predicted octanol–water partition coefficient (Wildman–Crippen LogP) is 1.44. The number of halogens is 1. The molecule has 14 heavy (non-hydrogen) atoms. The van der Waals surface area contributed by atoms with E-state index in [9.17, 15) is 9.90 Å². The number of aliphatic hydroxyl groups is 1. The van der Waals surface area contributed by atoms with E-state index in [0.717, 1.165) is 0 Å². The lowest BCUT2D eigenvalue weighted by molar-refractivity contribution is -0.147. The Bertz CT molecular complexity index is 411. The van der Waals surface area contributed by atoms with E-state index in [-0.39, 0.29) is 11.1 Å². The molecule has 0 amide bonds. The lowest BCUT2D eigenvalue weighted by Crippen LogP contribution is -2.12. The standard InChI is InChI=1S/C9H6BrNO3/c10-6-3-1-2-5(4-11)7(6)8(12)9(13)14/h1-3,8,12H,(H,13,14). The summed E-state index contributed by atoms with van der Waals surface area (Å²) >= 11 is 3.08. The van der Waals surface area contributed by atoms with Gasteiger partial charge in [0.25, 0.3) is 0 Å². The van der Waals surface area contributed by atoms with E-state index in [1.165, 1.54) is 6.07 Å². The van der Waals surface area contributed by atoms with Crippen LogP contribution in [0.15, 0.2) is 22.7 Å². The highest BCUT2D eigenvalue weighted by Crippen LogP contribution is 2.26. The normalized spacial score (nSPS) is 11.8. The highest BCUT2D eigenvalue weighted by atomic mass is 79.9. The first-order valence-electron chi connectivity index (χ1n) is 3.67. The van der Waals surface area contributed by atoms with Crippen LogP contribution in [-0.2, 0) is 4.79 Å². The summed E-state index contributed by atoms with van der Waals surface area (Å²) in [5.74, 6) is -1.38. The molecule has 4 nitrogen and oxygen atoms in total. The largest absolute Gasteiger partial charge is 0.479 e. The van der Waals surface area contributed by atoms with Gasteiger partial charge in [0, 0.05) is 10.0 Å².